The van der Waals surface area contributed by atoms with Crippen LogP contribution in [0.1, 0.15) is 76.3 Å². The van der Waals surface area contributed by atoms with E-state index in [0.29, 0.717) is 41.1 Å². The molecule has 4 heterocycles. The predicted octanol–water partition coefficient (Wildman–Crippen LogP) is 5.85. The molecule has 2 fully saturated rings. The number of amides is 2. The number of anilines is 1. The average molecular weight is 635 g/mol. The second kappa shape index (κ2) is 13.1. The molecule has 3 aliphatic heterocycles. The van der Waals surface area contributed by atoms with E-state index in [1.54, 1.807) is 16.4 Å². The van der Waals surface area contributed by atoms with E-state index < -0.39 is 10.0 Å². The van der Waals surface area contributed by atoms with Crippen molar-refractivity contribution in [2.45, 2.75) is 63.9 Å². The van der Waals surface area contributed by atoms with Gasteiger partial charge in [0.05, 0.1) is 10.5 Å². The van der Waals surface area contributed by atoms with Gasteiger partial charge >= 0.3 is 0 Å². The first-order valence-electron chi connectivity index (χ1n) is 15.8. The summed E-state index contributed by atoms with van der Waals surface area (Å²) in [7, 11) is -3.64. The van der Waals surface area contributed by atoms with Crippen LogP contribution < -0.4 is 5.32 Å². The summed E-state index contributed by atoms with van der Waals surface area (Å²) in [6.07, 6.45) is 4.89. The molecule has 2 amide bonds. The molecule has 2 aromatic carbocycles. The quantitative estimate of drug-likeness (QED) is 0.352. The topological polar surface area (TPSA) is 90.0 Å². The molecule has 0 aliphatic carbocycles. The summed E-state index contributed by atoms with van der Waals surface area (Å²) in [6, 6.07) is 16.6. The first kappa shape index (κ1) is 31.0. The summed E-state index contributed by atoms with van der Waals surface area (Å²) in [6.45, 7) is 9.06. The first-order chi connectivity index (χ1) is 21.2. The molecule has 8 nitrogen and oxygen atoms in total. The van der Waals surface area contributed by atoms with Gasteiger partial charge in [0.15, 0.2) is 0 Å². The molecule has 0 saturated carbocycles. The van der Waals surface area contributed by atoms with Crippen molar-refractivity contribution in [3.05, 3.63) is 81.7 Å². The van der Waals surface area contributed by atoms with Crippen LogP contribution in [0.5, 0.6) is 0 Å². The molecule has 2 saturated heterocycles. The van der Waals surface area contributed by atoms with Gasteiger partial charge in [0.2, 0.25) is 10.0 Å². The van der Waals surface area contributed by atoms with E-state index in [4.69, 9.17) is 0 Å². The highest BCUT2D eigenvalue weighted by atomic mass is 32.2. The van der Waals surface area contributed by atoms with Crippen LogP contribution in [0.2, 0.25) is 0 Å². The molecule has 0 spiro atoms. The highest BCUT2D eigenvalue weighted by Crippen LogP contribution is 2.39. The molecule has 2 unspecified atom stereocenters. The van der Waals surface area contributed by atoms with Gasteiger partial charge in [-0.1, -0.05) is 44.2 Å². The van der Waals surface area contributed by atoms with Crippen molar-refractivity contribution < 1.29 is 18.0 Å². The molecule has 0 bridgehead atoms. The molecule has 1 aromatic heterocycles. The second-order valence-corrected chi connectivity index (χ2v) is 15.8. The zero-order valence-corrected chi connectivity index (χ0v) is 27.3. The van der Waals surface area contributed by atoms with E-state index in [1.807, 2.05) is 11.0 Å². The van der Waals surface area contributed by atoms with Crippen LogP contribution in [-0.4, -0.2) is 67.1 Å². The number of carbonyl (C=O) groups excluding carboxylic acids is 2. The third kappa shape index (κ3) is 6.63. The lowest BCUT2D eigenvalue weighted by Crippen LogP contribution is -2.42. The van der Waals surface area contributed by atoms with E-state index in [-0.39, 0.29) is 16.7 Å². The minimum Gasteiger partial charge on any atom is -0.339 e. The van der Waals surface area contributed by atoms with E-state index in [1.165, 1.54) is 29.0 Å². The van der Waals surface area contributed by atoms with Gasteiger partial charge in [-0.3, -0.25) is 14.5 Å². The van der Waals surface area contributed by atoms with Crippen molar-refractivity contribution in [3.63, 3.8) is 0 Å². The number of piperidine rings is 2. The molecule has 234 valence electrons. The van der Waals surface area contributed by atoms with Crippen LogP contribution in [0.4, 0.5) is 5.00 Å². The van der Waals surface area contributed by atoms with Gasteiger partial charge < -0.3 is 10.2 Å². The van der Waals surface area contributed by atoms with Crippen LogP contribution in [0.3, 0.4) is 0 Å². The second-order valence-electron chi connectivity index (χ2n) is 12.8. The fourth-order valence-corrected chi connectivity index (χ4v) is 9.86. The molecule has 3 aromatic rings. The summed E-state index contributed by atoms with van der Waals surface area (Å²) in [5, 5.41) is 3.64. The Bertz CT molecular complexity index is 1590. The Balaban J connectivity index is 1.23. The zero-order chi connectivity index (χ0) is 30.8. The average Bonchev–Trinajstić information content (AvgIpc) is 3.38. The number of fused-ring (bicyclic) bond motifs is 1. The highest BCUT2D eigenvalue weighted by molar-refractivity contribution is 7.89. The van der Waals surface area contributed by atoms with Crippen molar-refractivity contribution >= 4 is 38.2 Å². The molecule has 10 heteroatoms. The van der Waals surface area contributed by atoms with Crippen molar-refractivity contribution in [3.8, 4) is 0 Å². The third-order valence-electron chi connectivity index (χ3n) is 9.06. The fourth-order valence-electron chi connectivity index (χ4n) is 6.91. The van der Waals surface area contributed by atoms with Crippen LogP contribution in [0.25, 0.3) is 0 Å². The molecule has 1 N–H and O–H groups in total. The number of sulfonamides is 1. The Morgan fingerprint density at radius 3 is 2.27 bits per heavy atom. The molecule has 2 atom stereocenters. The minimum absolute atomic E-state index is 0.000406. The number of carbonyl (C=O) groups is 2. The van der Waals surface area contributed by atoms with Gasteiger partial charge in [0.1, 0.15) is 5.00 Å². The molecule has 0 radical (unpaired) electrons. The number of nitrogens with one attached hydrogen (secondary N) is 1. The minimum atomic E-state index is -3.64. The van der Waals surface area contributed by atoms with E-state index in [2.05, 4.69) is 48.3 Å². The molecule has 6 rings (SSSR count). The smallest absolute Gasteiger partial charge is 0.257 e. The van der Waals surface area contributed by atoms with Crippen molar-refractivity contribution in [1.29, 1.82) is 0 Å². The number of hydrogen-bond acceptors (Lipinski definition) is 6. The fraction of sp³-hybridized carbons (Fsp3) is 0.471. The monoisotopic (exact) mass is 634 g/mol. The van der Waals surface area contributed by atoms with Gasteiger partial charge in [-0.2, -0.15) is 4.31 Å². The van der Waals surface area contributed by atoms with E-state index in [9.17, 15) is 18.0 Å². The number of thiophene rings is 1. The first-order valence-corrected chi connectivity index (χ1v) is 18.1. The standard InChI is InChI=1S/C34H42N4O4S2/c1-24-19-25(2)21-38(20-24)44(41,42)28-13-11-27(12-14-28)32(39)35-33-31(34(40)37-16-7-4-8-17-37)29-15-18-36(23-30(29)43-33)22-26-9-5-3-6-10-26/h3,5-6,9-14,24-25H,4,7-8,15-23H2,1-2H3,(H,35,39). The van der Waals surface area contributed by atoms with Crippen molar-refractivity contribution in [2.24, 2.45) is 11.8 Å². The normalized spacial score (nSPS) is 21.5. The number of rotatable bonds is 7. The maximum absolute atomic E-state index is 13.9. The lowest BCUT2D eigenvalue weighted by Gasteiger charge is -2.34. The third-order valence-corrected chi connectivity index (χ3v) is 12.0. The van der Waals surface area contributed by atoms with Gasteiger partial charge in [0.25, 0.3) is 11.8 Å². The van der Waals surface area contributed by atoms with Gasteiger partial charge in [-0.25, -0.2) is 8.42 Å². The Hall–Kier alpha value is -3.05. The molecule has 44 heavy (non-hydrogen) atoms. The van der Waals surface area contributed by atoms with Crippen LogP contribution >= 0.6 is 11.3 Å². The Kier molecular flexibility index (Phi) is 9.23. The molecule has 3 aliphatic rings. The Labute approximate surface area is 265 Å². The van der Waals surface area contributed by atoms with Crippen LogP contribution in [0.15, 0.2) is 59.5 Å². The van der Waals surface area contributed by atoms with Crippen LogP contribution in [0, 0.1) is 11.8 Å². The molecular weight excluding hydrogens is 593 g/mol. The largest absolute Gasteiger partial charge is 0.339 e. The SMILES string of the molecule is CC1CC(C)CN(S(=O)(=O)c2ccc(C(=O)Nc3sc4c(c3C(=O)N3CCCCC3)CCN(Cc3ccccc3)C4)cc2)C1. The van der Waals surface area contributed by atoms with E-state index in [0.717, 1.165) is 75.3 Å². The van der Waals surface area contributed by atoms with E-state index >= 15 is 0 Å². The van der Waals surface area contributed by atoms with Crippen molar-refractivity contribution in [2.75, 3.05) is 38.0 Å². The number of nitrogens with zero attached hydrogens (tertiary/aromatic N) is 3. The number of hydrogen-bond donors (Lipinski definition) is 1. The predicted molar refractivity (Wildman–Crippen MR) is 174 cm³/mol. The van der Waals surface area contributed by atoms with Gasteiger partial charge in [0, 0.05) is 56.3 Å². The summed E-state index contributed by atoms with van der Waals surface area (Å²) in [5.74, 6) is 0.270. The van der Waals surface area contributed by atoms with Gasteiger partial charge in [-0.05, 0) is 79.3 Å². The van der Waals surface area contributed by atoms with Crippen molar-refractivity contribution in [1.82, 2.24) is 14.1 Å². The highest BCUT2D eigenvalue weighted by Gasteiger charge is 2.33. The summed E-state index contributed by atoms with van der Waals surface area (Å²) in [4.78, 5) is 33.1. The number of benzene rings is 2. The maximum Gasteiger partial charge on any atom is 0.257 e. The zero-order valence-electron chi connectivity index (χ0n) is 25.6. The Morgan fingerprint density at radius 1 is 0.909 bits per heavy atom. The summed E-state index contributed by atoms with van der Waals surface area (Å²) >= 11 is 1.49. The lowest BCUT2D eigenvalue weighted by atomic mass is 9.94. The maximum atomic E-state index is 13.9. The lowest BCUT2D eigenvalue weighted by molar-refractivity contribution is 0.0724. The number of likely N-dealkylation sites (tertiary alicyclic amines) is 1. The van der Waals surface area contributed by atoms with Crippen LogP contribution in [-0.2, 0) is 29.5 Å². The summed E-state index contributed by atoms with van der Waals surface area (Å²) < 4.78 is 28.3. The van der Waals surface area contributed by atoms with Gasteiger partial charge in [-0.15, -0.1) is 11.3 Å². The molecular formula is C34H42N4O4S2. The Morgan fingerprint density at radius 2 is 1.59 bits per heavy atom. The summed E-state index contributed by atoms with van der Waals surface area (Å²) in [5.41, 5.74) is 3.29.